The maximum absolute atomic E-state index is 12.6. The van der Waals surface area contributed by atoms with Crippen LogP contribution in [0.1, 0.15) is 33.3 Å². The predicted octanol–water partition coefficient (Wildman–Crippen LogP) is 1.60. The second-order valence-electron chi connectivity index (χ2n) is 6.87. The Morgan fingerprint density at radius 1 is 1.15 bits per heavy atom. The topological polar surface area (TPSA) is 111 Å². The van der Waals surface area contributed by atoms with Crippen molar-refractivity contribution in [3.63, 3.8) is 0 Å². The van der Waals surface area contributed by atoms with Crippen LogP contribution in [0.25, 0.3) is 0 Å². The fourth-order valence-electron chi connectivity index (χ4n) is 2.17. The summed E-state index contributed by atoms with van der Waals surface area (Å²) in [5, 5.41) is 1.50. The van der Waals surface area contributed by atoms with Gasteiger partial charge in [-0.05, 0) is 39.7 Å². The molecule has 27 heavy (non-hydrogen) atoms. The van der Waals surface area contributed by atoms with Crippen LogP contribution in [0.3, 0.4) is 0 Å². The first-order valence-corrected chi connectivity index (χ1v) is 10.2. The Morgan fingerprint density at radius 3 is 2.33 bits per heavy atom. The van der Waals surface area contributed by atoms with Crippen molar-refractivity contribution in [1.29, 1.82) is 0 Å². The minimum absolute atomic E-state index is 0.161. The molecule has 0 aliphatic carbocycles. The summed E-state index contributed by atoms with van der Waals surface area (Å²) >= 11 is 0. The molecule has 0 spiro atoms. The van der Waals surface area contributed by atoms with E-state index >= 15 is 0 Å². The van der Waals surface area contributed by atoms with Crippen molar-refractivity contribution in [2.45, 2.75) is 45.0 Å². The van der Waals surface area contributed by atoms with Gasteiger partial charge in [-0.1, -0.05) is 30.3 Å². The summed E-state index contributed by atoms with van der Waals surface area (Å²) in [7, 11) is -3.89. The number of hydrogen-bond acceptors (Lipinski definition) is 6. The van der Waals surface area contributed by atoms with Gasteiger partial charge in [-0.15, -0.1) is 0 Å². The summed E-state index contributed by atoms with van der Waals surface area (Å²) in [5.74, 6) is -0.667. The number of nitrogens with one attached hydrogen (secondary N) is 2. The number of hydrogen-bond donors (Lipinski definition) is 2. The molecule has 1 amide bonds. The van der Waals surface area contributed by atoms with Gasteiger partial charge >= 0.3 is 12.1 Å². The average Bonchev–Trinajstić information content (AvgIpc) is 2.56. The van der Waals surface area contributed by atoms with Crippen LogP contribution in [0, 0.1) is 0 Å². The molecule has 0 aliphatic rings. The lowest BCUT2D eigenvalue weighted by Crippen LogP contribution is -2.46. The van der Waals surface area contributed by atoms with Gasteiger partial charge in [-0.25, -0.2) is 17.9 Å². The molecule has 1 aromatic rings. The van der Waals surface area contributed by atoms with Crippen molar-refractivity contribution < 1.29 is 27.5 Å². The van der Waals surface area contributed by atoms with E-state index in [2.05, 4.69) is 10.0 Å². The third-order valence-corrected chi connectivity index (χ3v) is 5.10. The summed E-state index contributed by atoms with van der Waals surface area (Å²) in [6.45, 7) is 6.31. The first-order valence-electron chi connectivity index (χ1n) is 8.68. The van der Waals surface area contributed by atoms with E-state index in [1.807, 2.05) is 6.07 Å². The molecule has 1 rings (SSSR count). The van der Waals surface area contributed by atoms with E-state index in [-0.39, 0.29) is 19.6 Å². The Labute approximate surface area is 160 Å². The highest BCUT2D eigenvalue weighted by molar-refractivity contribution is 7.90. The summed E-state index contributed by atoms with van der Waals surface area (Å²) < 4.78 is 37.4. The fourth-order valence-corrected chi connectivity index (χ4v) is 3.44. The molecule has 0 aliphatic heterocycles. The predicted molar refractivity (Wildman–Crippen MR) is 102 cm³/mol. The molecule has 0 radical (unpaired) electrons. The maximum atomic E-state index is 12.6. The van der Waals surface area contributed by atoms with E-state index in [1.165, 1.54) is 0 Å². The van der Waals surface area contributed by atoms with E-state index in [0.717, 1.165) is 5.56 Å². The van der Waals surface area contributed by atoms with Crippen LogP contribution in [-0.4, -0.2) is 51.0 Å². The fraction of sp³-hybridized carbons (Fsp3) is 0.556. The van der Waals surface area contributed by atoms with Gasteiger partial charge in [0.05, 0.1) is 11.9 Å². The van der Waals surface area contributed by atoms with E-state index < -0.39 is 39.5 Å². The Balaban J connectivity index is 2.83. The van der Waals surface area contributed by atoms with Crippen LogP contribution in [0.2, 0.25) is 0 Å². The Bertz CT molecular complexity index is 713. The first kappa shape index (κ1) is 22.9. The lowest BCUT2D eigenvalue weighted by atomic mass is 10.1. The summed E-state index contributed by atoms with van der Waals surface area (Å²) in [6.07, 6.45) is -0.546. The molecular weight excluding hydrogens is 372 g/mol. The summed E-state index contributed by atoms with van der Waals surface area (Å²) in [4.78, 5) is 23.3. The van der Waals surface area contributed by atoms with Gasteiger partial charge in [0.15, 0.2) is 0 Å². The van der Waals surface area contributed by atoms with Crippen molar-refractivity contribution >= 4 is 22.1 Å². The van der Waals surface area contributed by atoms with Gasteiger partial charge in [0.25, 0.3) is 0 Å². The molecule has 9 heteroatoms. The van der Waals surface area contributed by atoms with Crippen molar-refractivity contribution in [2.75, 3.05) is 19.7 Å². The van der Waals surface area contributed by atoms with Crippen LogP contribution in [0.15, 0.2) is 30.3 Å². The van der Waals surface area contributed by atoms with Gasteiger partial charge < -0.3 is 14.8 Å². The third kappa shape index (κ3) is 9.39. The van der Waals surface area contributed by atoms with E-state index in [1.54, 1.807) is 52.0 Å². The highest BCUT2D eigenvalue weighted by atomic mass is 32.2. The number of esters is 1. The molecule has 0 saturated carbocycles. The van der Waals surface area contributed by atoms with Gasteiger partial charge in [0, 0.05) is 6.54 Å². The SMILES string of the molecule is CCOC(=O)CNS(=O)(=O)[C@@H](CNC(=O)OC(C)(C)C)Cc1ccccc1. The second-order valence-corrected chi connectivity index (χ2v) is 8.91. The molecule has 0 saturated heterocycles. The van der Waals surface area contributed by atoms with Gasteiger partial charge in [0.1, 0.15) is 12.1 Å². The van der Waals surface area contributed by atoms with Crippen LogP contribution >= 0.6 is 0 Å². The van der Waals surface area contributed by atoms with Crippen molar-refractivity contribution in [2.24, 2.45) is 0 Å². The molecule has 8 nitrogen and oxygen atoms in total. The lowest BCUT2D eigenvalue weighted by molar-refractivity contribution is -0.141. The standard InChI is InChI=1S/C18H28N2O6S/c1-5-25-16(21)13-20-27(23,24)15(11-14-9-7-6-8-10-14)12-19-17(22)26-18(2,3)4/h6-10,15,20H,5,11-13H2,1-4H3,(H,19,22)/t15-/m1/s1. The van der Waals surface area contributed by atoms with E-state index in [4.69, 9.17) is 9.47 Å². The molecule has 0 unspecified atom stereocenters. The molecule has 1 aromatic carbocycles. The number of sulfonamides is 1. The number of benzene rings is 1. The Hall–Kier alpha value is -2.13. The summed E-state index contributed by atoms with van der Waals surface area (Å²) in [6, 6.07) is 9.01. The van der Waals surface area contributed by atoms with Gasteiger partial charge in [-0.3, -0.25) is 4.79 Å². The van der Waals surface area contributed by atoms with E-state index in [9.17, 15) is 18.0 Å². The molecular formula is C18H28N2O6S. The smallest absolute Gasteiger partial charge is 0.407 e. The molecule has 0 fully saturated rings. The molecule has 0 bridgehead atoms. The molecule has 2 N–H and O–H groups in total. The Kier molecular flexibility index (Phi) is 8.71. The number of carbonyl (C=O) groups is 2. The second kappa shape index (κ2) is 10.3. The number of rotatable bonds is 9. The number of carbonyl (C=O) groups excluding carboxylic acids is 2. The van der Waals surface area contributed by atoms with Gasteiger partial charge in [-0.2, -0.15) is 0 Å². The van der Waals surface area contributed by atoms with Crippen LogP contribution in [-0.2, 0) is 30.7 Å². The monoisotopic (exact) mass is 400 g/mol. The quantitative estimate of drug-likeness (QED) is 0.609. The van der Waals surface area contributed by atoms with Crippen molar-refractivity contribution in [3.05, 3.63) is 35.9 Å². The van der Waals surface area contributed by atoms with Gasteiger partial charge in [0.2, 0.25) is 10.0 Å². The zero-order chi connectivity index (χ0) is 20.5. The largest absolute Gasteiger partial charge is 0.465 e. The highest BCUT2D eigenvalue weighted by Gasteiger charge is 2.28. The number of alkyl carbamates (subject to hydrolysis) is 1. The average molecular weight is 400 g/mol. The molecule has 0 heterocycles. The molecule has 152 valence electrons. The number of ether oxygens (including phenoxy) is 2. The Morgan fingerprint density at radius 2 is 1.78 bits per heavy atom. The summed E-state index contributed by atoms with van der Waals surface area (Å²) in [5.41, 5.74) is 0.0926. The molecule has 1 atom stereocenters. The first-order chi connectivity index (χ1) is 12.5. The van der Waals surface area contributed by atoms with E-state index in [0.29, 0.717) is 0 Å². The zero-order valence-corrected chi connectivity index (χ0v) is 17.0. The minimum Gasteiger partial charge on any atom is -0.465 e. The van der Waals surface area contributed by atoms with Crippen molar-refractivity contribution in [3.8, 4) is 0 Å². The van der Waals surface area contributed by atoms with Crippen molar-refractivity contribution in [1.82, 2.24) is 10.0 Å². The normalized spacial score (nSPS) is 12.9. The molecule has 0 aromatic heterocycles. The number of amides is 1. The lowest BCUT2D eigenvalue weighted by Gasteiger charge is -2.22. The highest BCUT2D eigenvalue weighted by Crippen LogP contribution is 2.11. The maximum Gasteiger partial charge on any atom is 0.407 e. The van der Waals surface area contributed by atoms with Crippen LogP contribution in [0.5, 0.6) is 0 Å². The third-order valence-electron chi connectivity index (χ3n) is 3.34. The van der Waals surface area contributed by atoms with Crippen LogP contribution in [0.4, 0.5) is 4.79 Å². The minimum atomic E-state index is -3.89. The zero-order valence-electron chi connectivity index (χ0n) is 16.2. The van der Waals surface area contributed by atoms with Crippen LogP contribution < -0.4 is 10.0 Å².